The van der Waals surface area contributed by atoms with Crippen molar-refractivity contribution in [2.45, 2.75) is 25.9 Å². The molecule has 0 aliphatic carbocycles. The lowest BCUT2D eigenvalue weighted by Crippen LogP contribution is -2.44. The number of para-hydroxylation sites is 1. The van der Waals surface area contributed by atoms with Crippen LogP contribution in [0, 0.1) is 0 Å². The molecule has 0 saturated heterocycles. The van der Waals surface area contributed by atoms with Crippen LogP contribution >= 0.6 is 0 Å². The SMILES string of the molecule is C[C@@H](C(=O)Nc1ccccc1)N1CCc2[nH]nc(-c3ccccc3)c2C1. The molecule has 2 aromatic carbocycles. The summed E-state index contributed by atoms with van der Waals surface area (Å²) in [5.74, 6) is 0.0180. The number of fused-ring (bicyclic) bond motifs is 1. The lowest BCUT2D eigenvalue weighted by molar-refractivity contribution is -0.121. The Morgan fingerprint density at radius 2 is 1.81 bits per heavy atom. The van der Waals surface area contributed by atoms with E-state index in [4.69, 9.17) is 0 Å². The molecule has 2 heterocycles. The number of hydrogen-bond acceptors (Lipinski definition) is 3. The van der Waals surface area contributed by atoms with Gasteiger partial charge in [-0.3, -0.25) is 14.8 Å². The number of nitrogens with zero attached hydrogens (tertiary/aromatic N) is 2. The van der Waals surface area contributed by atoms with Gasteiger partial charge in [0.25, 0.3) is 0 Å². The maximum atomic E-state index is 12.6. The summed E-state index contributed by atoms with van der Waals surface area (Å²) >= 11 is 0. The second kappa shape index (κ2) is 7.14. The Bertz CT molecular complexity index is 889. The summed E-state index contributed by atoms with van der Waals surface area (Å²) < 4.78 is 0. The quantitative estimate of drug-likeness (QED) is 0.760. The molecule has 5 nitrogen and oxygen atoms in total. The Labute approximate surface area is 153 Å². The first-order valence-corrected chi connectivity index (χ1v) is 8.94. The van der Waals surface area contributed by atoms with Crippen LogP contribution in [0.5, 0.6) is 0 Å². The number of benzene rings is 2. The number of rotatable bonds is 4. The number of aromatic nitrogens is 2. The van der Waals surface area contributed by atoms with E-state index >= 15 is 0 Å². The molecule has 0 spiro atoms. The summed E-state index contributed by atoms with van der Waals surface area (Å²) in [6, 6.07) is 19.6. The zero-order chi connectivity index (χ0) is 17.9. The van der Waals surface area contributed by atoms with E-state index in [0.717, 1.165) is 36.5 Å². The average Bonchev–Trinajstić information content (AvgIpc) is 3.12. The highest BCUT2D eigenvalue weighted by atomic mass is 16.2. The Morgan fingerprint density at radius 3 is 2.54 bits per heavy atom. The van der Waals surface area contributed by atoms with Gasteiger partial charge in [-0.05, 0) is 19.1 Å². The fourth-order valence-electron chi connectivity index (χ4n) is 3.42. The molecule has 0 radical (unpaired) electrons. The zero-order valence-electron chi connectivity index (χ0n) is 14.8. The van der Waals surface area contributed by atoms with E-state index in [2.05, 4.69) is 32.5 Å². The van der Waals surface area contributed by atoms with Gasteiger partial charge in [0.05, 0.1) is 11.7 Å². The third-order valence-electron chi connectivity index (χ3n) is 4.98. The molecular formula is C21H22N4O. The number of aromatic amines is 1. The molecule has 4 rings (SSSR count). The van der Waals surface area contributed by atoms with Crippen molar-refractivity contribution < 1.29 is 4.79 Å². The van der Waals surface area contributed by atoms with Gasteiger partial charge in [-0.2, -0.15) is 5.10 Å². The molecular weight excluding hydrogens is 324 g/mol. The molecule has 0 fully saturated rings. The highest BCUT2D eigenvalue weighted by molar-refractivity contribution is 5.94. The first-order valence-electron chi connectivity index (χ1n) is 8.94. The number of carbonyl (C=O) groups is 1. The van der Waals surface area contributed by atoms with Crippen LogP contribution in [0.2, 0.25) is 0 Å². The van der Waals surface area contributed by atoms with Gasteiger partial charge in [0.2, 0.25) is 5.91 Å². The molecule has 26 heavy (non-hydrogen) atoms. The van der Waals surface area contributed by atoms with Gasteiger partial charge < -0.3 is 5.32 Å². The van der Waals surface area contributed by atoms with Crippen molar-refractivity contribution >= 4 is 11.6 Å². The predicted molar refractivity (Wildman–Crippen MR) is 103 cm³/mol. The smallest absolute Gasteiger partial charge is 0.241 e. The third kappa shape index (κ3) is 3.26. The highest BCUT2D eigenvalue weighted by Gasteiger charge is 2.28. The second-order valence-corrected chi connectivity index (χ2v) is 6.65. The molecule has 1 aromatic heterocycles. The Hall–Kier alpha value is -2.92. The van der Waals surface area contributed by atoms with Crippen LogP contribution in [0.25, 0.3) is 11.3 Å². The Morgan fingerprint density at radius 1 is 1.12 bits per heavy atom. The Kier molecular flexibility index (Phi) is 4.54. The summed E-state index contributed by atoms with van der Waals surface area (Å²) in [5.41, 5.74) is 5.29. The molecule has 132 valence electrons. The highest BCUT2D eigenvalue weighted by Crippen LogP contribution is 2.29. The molecule has 1 aliphatic rings. The van der Waals surface area contributed by atoms with E-state index in [9.17, 15) is 4.79 Å². The van der Waals surface area contributed by atoms with Gasteiger partial charge in [-0.15, -0.1) is 0 Å². The van der Waals surface area contributed by atoms with Crippen molar-refractivity contribution in [3.05, 3.63) is 71.9 Å². The summed E-state index contributed by atoms with van der Waals surface area (Å²) in [5, 5.41) is 10.7. The third-order valence-corrected chi connectivity index (χ3v) is 4.98. The summed E-state index contributed by atoms with van der Waals surface area (Å²) in [4.78, 5) is 14.9. The standard InChI is InChI=1S/C21H22N4O/c1-15(21(26)22-17-10-6-3-7-11-17)25-13-12-19-18(14-25)20(24-23-19)16-8-4-2-5-9-16/h2-11,15H,12-14H2,1H3,(H,22,26)(H,23,24)/t15-/m0/s1. The van der Waals surface area contributed by atoms with Crippen LogP contribution < -0.4 is 5.32 Å². The maximum absolute atomic E-state index is 12.6. The van der Waals surface area contributed by atoms with Crippen LogP contribution in [-0.4, -0.2) is 33.6 Å². The first-order chi connectivity index (χ1) is 12.7. The van der Waals surface area contributed by atoms with Crippen LogP contribution in [0.4, 0.5) is 5.69 Å². The van der Waals surface area contributed by atoms with Crippen molar-refractivity contribution in [2.75, 3.05) is 11.9 Å². The fraction of sp³-hybridized carbons (Fsp3) is 0.238. The molecule has 1 aliphatic heterocycles. The lowest BCUT2D eigenvalue weighted by Gasteiger charge is -2.31. The summed E-state index contributed by atoms with van der Waals surface area (Å²) in [6.45, 7) is 3.53. The van der Waals surface area contributed by atoms with Crippen LogP contribution in [0.1, 0.15) is 18.2 Å². The minimum Gasteiger partial charge on any atom is -0.325 e. The van der Waals surface area contributed by atoms with Crippen LogP contribution in [-0.2, 0) is 17.8 Å². The summed E-state index contributed by atoms with van der Waals surface area (Å²) in [6.07, 6.45) is 0.873. The van der Waals surface area contributed by atoms with Gasteiger partial charge >= 0.3 is 0 Å². The topological polar surface area (TPSA) is 61.0 Å². The van der Waals surface area contributed by atoms with E-state index in [1.807, 2.05) is 55.5 Å². The molecule has 2 N–H and O–H groups in total. The van der Waals surface area contributed by atoms with Crippen molar-refractivity contribution in [1.29, 1.82) is 0 Å². The monoisotopic (exact) mass is 346 g/mol. The number of carbonyl (C=O) groups excluding carboxylic acids is 1. The number of H-pyrrole nitrogens is 1. The fourth-order valence-corrected chi connectivity index (χ4v) is 3.42. The largest absolute Gasteiger partial charge is 0.325 e. The van der Waals surface area contributed by atoms with E-state index < -0.39 is 0 Å². The summed E-state index contributed by atoms with van der Waals surface area (Å²) in [7, 11) is 0. The molecule has 0 unspecified atom stereocenters. The number of amides is 1. The molecule has 1 amide bonds. The van der Waals surface area contributed by atoms with Gasteiger partial charge in [0.1, 0.15) is 0 Å². The number of anilines is 1. The Balaban J connectivity index is 1.51. The van der Waals surface area contributed by atoms with Gasteiger partial charge in [0.15, 0.2) is 0 Å². The van der Waals surface area contributed by atoms with E-state index in [1.54, 1.807) is 0 Å². The van der Waals surface area contributed by atoms with E-state index in [0.29, 0.717) is 0 Å². The van der Waals surface area contributed by atoms with E-state index in [-0.39, 0.29) is 11.9 Å². The minimum absolute atomic E-state index is 0.0180. The van der Waals surface area contributed by atoms with Crippen LogP contribution in [0.15, 0.2) is 60.7 Å². The lowest BCUT2D eigenvalue weighted by atomic mass is 10.00. The first kappa shape index (κ1) is 16.5. The molecule has 0 bridgehead atoms. The molecule has 3 aromatic rings. The molecule has 1 atom stereocenters. The second-order valence-electron chi connectivity index (χ2n) is 6.65. The van der Waals surface area contributed by atoms with Gasteiger partial charge in [0, 0.05) is 42.0 Å². The normalized spacial score (nSPS) is 15.3. The average molecular weight is 346 g/mol. The van der Waals surface area contributed by atoms with Crippen molar-refractivity contribution in [3.63, 3.8) is 0 Å². The predicted octanol–water partition coefficient (Wildman–Crippen LogP) is 3.46. The van der Waals surface area contributed by atoms with E-state index in [1.165, 1.54) is 11.3 Å². The van der Waals surface area contributed by atoms with Crippen LogP contribution in [0.3, 0.4) is 0 Å². The zero-order valence-corrected chi connectivity index (χ0v) is 14.8. The minimum atomic E-state index is -0.207. The maximum Gasteiger partial charge on any atom is 0.241 e. The molecule has 0 saturated carbocycles. The van der Waals surface area contributed by atoms with Gasteiger partial charge in [-0.25, -0.2) is 0 Å². The van der Waals surface area contributed by atoms with Crippen molar-refractivity contribution in [2.24, 2.45) is 0 Å². The van der Waals surface area contributed by atoms with Crippen molar-refractivity contribution in [1.82, 2.24) is 15.1 Å². The van der Waals surface area contributed by atoms with Crippen molar-refractivity contribution in [3.8, 4) is 11.3 Å². The van der Waals surface area contributed by atoms with Gasteiger partial charge in [-0.1, -0.05) is 48.5 Å². The number of hydrogen-bond donors (Lipinski definition) is 2. The molecule has 5 heteroatoms. The number of nitrogens with one attached hydrogen (secondary N) is 2.